The average molecular weight is 175 g/mol. The molecule has 0 aromatic heterocycles. The van der Waals surface area contributed by atoms with E-state index in [9.17, 15) is 4.79 Å². The third kappa shape index (κ3) is 1.22. The van der Waals surface area contributed by atoms with Gasteiger partial charge in [0, 0.05) is 19.2 Å². The number of carbonyl (C=O) groups is 1. The molecule has 0 saturated carbocycles. The smallest absolute Gasteiger partial charge is 0.152 e. The summed E-state index contributed by atoms with van der Waals surface area (Å²) in [6.45, 7) is 1.66. The second-order valence-corrected chi connectivity index (χ2v) is 3.57. The van der Waals surface area contributed by atoms with Crippen LogP contribution >= 0.6 is 0 Å². The summed E-state index contributed by atoms with van der Waals surface area (Å²) >= 11 is 0. The van der Waals surface area contributed by atoms with Gasteiger partial charge >= 0.3 is 0 Å². The molecule has 2 nitrogen and oxygen atoms in total. The van der Waals surface area contributed by atoms with E-state index in [0.717, 1.165) is 6.42 Å². The van der Waals surface area contributed by atoms with Crippen LogP contribution in [0.15, 0.2) is 24.3 Å². The number of benzene rings is 1. The zero-order valence-corrected chi connectivity index (χ0v) is 7.95. The number of hydrogen-bond donors (Lipinski definition) is 0. The number of nitrogens with zero attached hydrogens (tertiary/aromatic N) is 1. The average Bonchev–Trinajstić information content (AvgIpc) is 2.45. The first-order valence-corrected chi connectivity index (χ1v) is 4.51. The summed E-state index contributed by atoms with van der Waals surface area (Å²) < 4.78 is 0. The zero-order chi connectivity index (χ0) is 9.42. The number of hydrogen-bond acceptors (Lipinski definition) is 2. The van der Waals surface area contributed by atoms with Crippen molar-refractivity contribution < 1.29 is 4.79 Å². The van der Waals surface area contributed by atoms with Crippen LogP contribution in [0.25, 0.3) is 0 Å². The lowest BCUT2D eigenvalue weighted by molar-refractivity contribution is -0.118. The maximum atomic E-state index is 11.3. The molecule has 0 amide bonds. The molecule has 13 heavy (non-hydrogen) atoms. The van der Waals surface area contributed by atoms with Gasteiger partial charge in [-0.2, -0.15) is 0 Å². The fourth-order valence-corrected chi connectivity index (χ4v) is 1.96. The normalized spacial score (nSPS) is 20.2. The summed E-state index contributed by atoms with van der Waals surface area (Å²) in [6.07, 6.45) is 0.863. The van der Waals surface area contributed by atoms with E-state index >= 15 is 0 Å². The molecule has 0 unspecified atom stereocenters. The van der Waals surface area contributed by atoms with E-state index in [4.69, 9.17) is 0 Å². The van der Waals surface area contributed by atoms with Crippen LogP contribution in [0.2, 0.25) is 0 Å². The fourth-order valence-electron chi connectivity index (χ4n) is 1.96. The van der Waals surface area contributed by atoms with Crippen LogP contribution in [-0.2, 0) is 11.2 Å². The molecule has 0 bridgehead atoms. The molecule has 0 aliphatic carbocycles. The number of likely N-dealkylation sites (N-methyl/N-ethyl adjacent to an activating group) is 1. The molecular formula is C11H13NO. The lowest BCUT2D eigenvalue weighted by Crippen LogP contribution is -2.33. The van der Waals surface area contributed by atoms with Crippen LogP contribution < -0.4 is 4.90 Å². The predicted octanol–water partition coefficient (Wildman–Crippen LogP) is 1.64. The molecule has 0 fully saturated rings. The maximum absolute atomic E-state index is 11.3. The quantitative estimate of drug-likeness (QED) is 0.646. The molecule has 2 heteroatoms. The van der Waals surface area contributed by atoms with E-state index in [0.29, 0.717) is 0 Å². The molecule has 1 atom stereocenters. The van der Waals surface area contributed by atoms with Crippen molar-refractivity contribution in [3.8, 4) is 0 Å². The van der Waals surface area contributed by atoms with Crippen LogP contribution in [0.4, 0.5) is 5.69 Å². The molecule has 0 radical (unpaired) electrons. The van der Waals surface area contributed by atoms with Crippen molar-refractivity contribution in [1.82, 2.24) is 0 Å². The Hall–Kier alpha value is -1.31. The van der Waals surface area contributed by atoms with Crippen molar-refractivity contribution in [3.63, 3.8) is 0 Å². The number of ketones is 1. The molecule has 2 rings (SSSR count). The summed E-state index contributed by atoms with van der Waals surface area (Å²) in [7, 11) is 1.98. The summed E-state index contributed by atoms with van der Waals surface area (Å²) in [4.78, 5) is 13.4. The van der Waals surface area contributed by atoms with Gasteiger partial charge in [-0.25, -0.2) is 0 Å². The SMILES string of the molecule is CC(=O)[C@@H]1Cc2ccccc2N1C. The number of fused-ring (bicyclic) bond motifs is 1. The van der Waals surface area contributed by atoms with Gasteiger partial charge in [-0.1, -0.05) is 18.2 Å². The predicted molar refractivity (Wildman–Crippen MR) is 53.0 cm³/mol. The van der Waals surface area contributed by atoms with E-state index in [2.05, 4.69) is 17.0 Å². The monoisotopic (exact) mass is 175 g/mol. The zero-order valence-electron chi connectivity index (χ0n) is 7.95. The molecule has 0 N–H and O–H groups in total. The van der Waals surface area contributed by atoms with Gasteiger partial charge in [-0.15, -0.1) is 0 Å². The number of Topliss-reactive ketones (excluding diaryl/α,β-unsaturated/α-hetero) is 1. The van der Waals surface area contributed by atoms with Crippen molar-refractivity contribution in [2.75, 3.05) is 11.9 Å². The van der Waals surface area contributed by atoms with E-state index in [1.165, 1.54) is 11.3 Å². The van der Waals surface area contributed by atoms with E-state index in [1.807, 2.05) is 19.2 Å². The molecule has 68 valence electrons. The van der Waals surface area contributed by atoms with Gasteiger partial charge in [-0.05, 0) is 18.6 Å². The number of para-hydroxylation sites is 1. The summed E-state index contributed by atoms with van der Waals surface area (Å²) in [5.74, 6) is 0.249. The Bertz CT molecular complexity index is 346. The molecule has 0 saturated heterocycles. The number of rotatable bonds is 1. The van der Waals surface area contributed by atoms with E-state index in [1.54, 1.807) is 6.92 Å². The van der Waals surface area contributed by atoms with Crippen molar-refractivity contribution in [2.45, 2.75) is 19.4 Å². The highest BCUT2D eigenvalue weighted by Crippen LogP contribution is 2.30. The first kappa shape index (κ1) is 8.30. The Morgan fingerprint density at radius 3 is 2.77 bits per heavy atom. The van der Waals surface area contributed by atoms with Crippen LogP contribution in [0.1, 0.15) is 12.5 Å². The highest BCUT2D eigenvalue weighted by Gasteiger charge is 2.28. The Morgan fingerprint density at radius 2 is 2.15 bits per heavy atom. The van der Waals surface area contributed by atoms with E-state index in [-0.39, 0.29) is 11.8 Å². The van der Waals surface area contributed by atoms with Crippen LogP contribution in [0.3, 0.4) is 0 Å². The van der Waals surface area contributed by atoms with Crippen molar-refractivity contribution in [2.24, 2.45) is 0 Å². The minimum absolute atomic E-state index is 0.0531. The summed E-state index contributed by atoms with van der Waals surface area (Å²) in [5, 5.41) is 0. The molecule has 1 aromatic rings. The standard InChI is InChI=1S/C11H13NO/c1-8(13)11-7-9-5-3-4-6-10(9)12(11)2/h3-6,11H,7H2,1-2H3/t11-/m0/s1. The second kappa shape index (κ2) is 2.87. The molecule has 1 aliphatic rings. The van der Waals surface area contributed by atoms with Crippen LogP contribution in [0, 0.1) is 0 Å². The van der Waals surface area contributed by atoms with Crippen molar-refractivity contribution >= 4 is 11.5 Å². The number of anilines is 1. The third-order valence-electron chi connectivity index (χ3n) is 2.72. The summed E-state index contributed by atoms with van der Waals surface area (Å²) in [6, 6.07) is 8.25. The molecule has 1 aliphatic heterocycles. The first-order chi connectivity index (χ1) is 6.20. The Balaban J connectivity index is 2.38. The lowest BCUT2D eigenvalue weighted by atomic mass is 10.1. The highest BCUT2D eigenvalue weighted by atomic mass is 16.1. The van der Waals surface area contributed by atoms with Crippen molar-refractivity contribution in [3.05, 3.63) is 29.8 Å². The minimum Gasteiger partial charge on any atom is -0.364 e. The first-order valence-electron chi connectivity index (χ1n) is 4.51. The molecular weight excluding hydrogens is 162 g/mol. The van der Waals surface area contributed by atoms with Gasteiger partial charge in [0.05, 0.1) is 6.04 Å². The molecule has 0 spiro atoms. The van der Waals surface area contributed by atoms with Gasteiger partial charge in [0.1, 0.15) is 0 Å². The lowest BCUT2D eigenvalue weighted by Gasteiger charge is -2.19. The Kier molecular flexibility index (Phi) is 1.83. The topological polar surface area (TPSA) is 20.3 Å². The van der Waals surface area contributed by atoms with E-state index < -0.39 is 0 Å². The third-order valence-corrected chi connectivity index (χ3v) is 2.72. The van der Waals surface area contributed by atoms with Gasteiger partial charge < -0.3 is 4.90 Å². The van der Waals surface area contributed by atoms with Crippen molar-refractivity contribution in [1.29, 1.82) is 0 Å². The fraction of sp³-hybridized carbons (Fsp3) is 0.364. The Morgan fingerprint density at radius 1 is 1.46 bits per heavy atom. The van der Waals surface area contributed by atoms with Crippen LogP contribution in [-0.4, -0.2) is 18.9 Å². The minimum atomic E-state index is 0.0531. The van der Waals surface area contributed by atoms with Gasteiger partial charge in [-0.3, -0.25) is 4.79 Å². The summed E-state index contributed by atoms with van der Waals surface area (Å²) in [5.41, 5.74) is 2.48. The maximum Gasteiger partial charge on any atom is 0.152 e. The van der Waals surface area contributed by atoms with Gasteiger partial charge in [0.25, 0.3) is 0 Å². The Labute approximate surface area is 78.2 Å². The largest absolute Gasteiger partial charge is 0.364 e. The molecule has 1 heterocycles. The molecule has 1 aromatic carbocycles. The highest BCUT2D eigenvalue weighted by molar-refractivity contribution is 5.87. The second-order valence-electron chi connectivity index (χ2n) is 3.57. The van der Waals surface area contributed by atoms with Crippen LogP contribution in [0.5, 0.6) is 0 Å². The van der Waals surface area contributed by atoms with Gasteiger partial charge in [0.15, 0.2) is 5.78 Å². The number of carbonyl (C=O) groups excluding carboxylic acids is 1. The van der Waals surface area contributed by atoms with Gasteiger partial charge in [0.2, 0.25) is 0 Å².